The van der Waals surface area contributed by atoms with Gasteiger partial charge in [0.25, 0.3) is 10.1 Å². The number of hydrogen-bond acceptors (Lipinski definition) is 9. The van der Waals surface area contributed by atoms with E-state index in [1.807, 2.05) is 40.8 Å². The van der Waals surface area contributed by atoms with Crippen molar-refractivity contribution in [3.8, 4) is 34.4 Å². The summed E-state index contributed by atoms with van der Waals surface area (Å²) in [6.07, 6.45) is 0. The van der Waals surface area contributed by atoms with Crippen LogP contribution in [0.4, 0.5) is 20.3 Å². The molecule has 0 aliphatic carbocycles. The van der Waals surface area contributed by atoms with Crippen LogP contribution in [0, 0.1) is 18.6 Å². The molecule has 0 atom stereocenters. The molecule has 50 heavy (non-hydrogen) atoms. The van der Waals surface area contributed by atoms with Crippen LogP contribution in [0.2, 0.25) is 18.1 Å². The number of nitrogens with one attached hydrogen (secondary N) is 1. The molecule has 3 heterocycles. The second-order valence-electron chi connectivity index (χ2n) is 13.4. The van der Waals surface area contributed by atoms with Gasteiger partial charge in [-0.2, -0.15) is 8.42 Å². The van der Waals surface area contributed by atoms with E-state index in [1.165, 1.54) is 24.3 Å². The van der Waals surface area contributed by atoms with Gasteiger partial charge in [0.05, 0.1) is 10.5 Å². The van der Waals surface area contributed by atoms with Gasteiger partial charge in [-0.3, -0.25) is 4.18 Å². The first-order valence-electron chi connectivity index (χ1n) is 16.1. The summed E-state index contributed by atoms with van der Waals surface area (Å²) in [6.45, 7) is 12.3. The van der Waals surface area contributed by atoms with E-state index in [2.05, 4.69) is 10.3 Å². The second-order valence-corrected chi connectivity index (χ2v) is 19.8. The highest BCUT2D eigenvalue weighted by molar-refractivity contribution is 7.86. The molecule has 0 radical (unpaired) electrons. The van der Waals surface area contributed by atoms with Gasteiger partial charge in [-0.1, -0.05) is 44.5 Å². The normalized spacial score (nSPS) is 13.4. The van der Waals surface area contributed by atoms with Crippen molar-refractivity contribution in [2.24, 2.45) is 0 Å². The summed E-state index contributed by atoms with van der Waals surface area (Å²) in [6, 6.07) is 18.8. The van der Waals surface area contributed by atoms with E-state index in [0.717, 1.165) is 5.56 Å². The van der Waals surface area contributed by atoms with Crippen molar-refractivity contribution in [3.05, 3.63) is 90.0 Å². The zero-order valence-electron chi connectivity index (χ0n) is 28.7. The molecule has 0 saturated heterocycles. The van der Waals surface area contributed by atoms with Gasteiger partial charge in [0.15, 0.2) is 11.5 Å². The molecule has 1 aliphatic heterocycles. The molecule has 3 aromatic carbocycles. The number of ether oxygens (including phenoxy) is 3. The van der Waals surface area contributed by atoms with Crippen molar-refractivity contribution in [1.82, 2.24) is 9.38 Å². The summed E-state index contributed by atoms with van der Waals surface area (Å²) in [7, 11) is -6.42. The third-order valence-electron chi connectivity index (χ3n) is 8.73. The van der Waals surface area contributed by atoms with Crippen molar-refractivity contribution < 1.29 is 40.0 Å². The number of halogens is 2. The van der Waals surface area contributed by atoms with E-state index in [1.54, 1.807) is 52.9 Å². The molecule has 5 aromatic rings. The lowest BCUT2D eigenvalue weighted by Gasteiger charge is -2.36. The third-order valence-corrected chi connectivity index (χ3v) is 14.4. The number of aromatic nitrogens is 2. The molecule has 0 spiro atoms. The molecule has 0 fully saturated rings. The Hall–Kier alpha value is -4.66. The van der Waals surface area contributed by atoms with E-state index in [9.17, 15) is 8.42 Å². The highest BCUT2D eigenvalue weighted by Crippen LogP contribution is 2.42. The zero-order chi connectivity index (χ0) is 35.8. The van der Waals surface area contributed by atoms with Gasteiger partial charge in [0.2, 0.25) is 14.2 Å². The molecule has 6 rings (SSSR count). The Morgan fingerprint density at radius 1 is 0.920 bits per heavy atom. The summed E-state index contributed by atoms with van der Waals surface area (Å²) >= 11 is 0. The molecule has 0 saturated carbocycles. The molecule has 0 amide bonds. The molecular weight excluding hydrogens is 685 g/mol. The number of rotatable bonds is 11. The Bertz CT molecular complexity index is 2130. The van der Waals surface area contributed by atoms with Crippen molar-refractivity contribution in [1.29, 1.82) is 0 Å². The lowest BCUT2D eigenvalue weighted by molar-refractivity contribution is 0.171. The quantitative estimate of drug-likeness (QED) is 0.0818. The molecular formula is C36H39F2N3O7SSi. The summed E-state index contributed by atoms with van der Waals surface area (Å²) in [5.74, 6) is -0.129. The maximum atomic E-state index is 16.0. The van der Waals surface area contributed by atoms with Crippen LogP contribution in [-0.2, 0) is 14.3 Å². The van der Waals surface area contributed by atoms with Gasteiger partial charge in [-0.25, -0.2) is 18.2 Å². The van der Waals surface area contributed by atoms with Crippen molar-refractivity contribution >= 4 is 35.6 Å². The molecule has 0 unspecified atom stereocenters. The Balaban J connectivity index is 1.36. The molecule has 14 heteroatoms. The monoisotopic (exact) mass is 723 g/mol. The van der Waals surface area contributed by atoms with Crippen LogP contribution in [-0.4, -0.2) is 52.5 Å². The van der Waals surface area contributed by atoms with Gasteiger partial charge in [0.1, 0.15) is 61.0 Å². The van der Waals surface area contributed by atoms with Crippen LogP contribution in [0.5, 0.6) is 23.1 Å². The number of imidazole rings is 1. The SMILES string of the molecule is Cc1ccc(S(=O)(=O)OCCOc2cccc3nc(-c4c(F)cc(O[Si](C)(C)C(C)(C)C)cc4F)c(Nc4ccc5c(c4)OCCO5)n23)cc1. The van der Waals surface area contributed by atoms with Gasteiger partial charge in [-0.05, 0) is 61.5 Å². The molecule has 2 aromatic heterocycles. The number of nitrogens with zero attached hydrogens (tertiary/aromatic N) is 2. The van der Waals surface area contributed by atoms with Crippen LogP contribution in [0.25, 0.3) is 16.9 Å². The molecule has 1 N–H and O–H groups in total. The smallest absolute Gasteiger partial charge is 0.297 e. The van der Waals surface area contributed by atoms with E-state index < -0.39 is 30.1 Å². The minimum absolute atomic E-state index is 0.0250. The van der Waals surface area contributed by atoms with Crippen molar-refractivity contribution in [3.63, 3.8) is 0 Å². The number of benzene rings is 3. The first-order valence-corrected chi connectivity index (χ1v) is 20.4. The average Bonchev–Trinajstić information content (AvgIpc) is 3.40. The third kappa shape index (κ3) is 7.27. The maximum Gasteiger partial charge on any atom is 0.297 e. The fourth-order valence-electron chi connectivity index (χ4n) is 5.07. The number of hydrogen-bond donors (Lipinski definition) is 1. The molecule has 1 aliphatic rings. The predicted octanol–water partition coefficient (Wildman–Crippen LogP) is 8.27. The second kappa shape index (κ2) is 13.6. The van der Waals surface area contributed by atoms with E-state index in [4.69, 9.17) is 22.8 Å². The zero-order valence-corrected chi connectivity index (χ0v) is 30.5. The predicted molar refractivity (Wildman–Crippen MR) is 189 cm³/mol. The highest BCUT2D eigenvalue weighted by atomic mass is 32.2. The first-order chi connectivity index (χ1) is 23.6. The van der Waals surface area contributed by atoms with Gasteiger partial charge in [0, 0.05) is 23.9 Å². The molecule has 10 nitrogen and oxygen atoms in total. The fraction of sp³-hybridized carbons (Fsp3) is 0.306. The number of pyridine rings is 1. The lowest BCUT2D eigenvalue weighted by Crippen LogP contribution is -2.43. The molecule has 0 bridgehead atoms. The summed E-state index contributed by atoms with van der Waals surface area (Å²) in [4.78, 5) is 4.66. The number of aryl methyl sites for hydroxylation is 1. The van der Waals surface area contributed by atoms with Crippen LogP contribution in [0.1, 0.15) is 26.3 Å². The van der Waals surface area contributed by atoms with Crippen molar-refractivity contribution in [2.75, 3.05) is 31.7 Å². The Labute approximate surface area is 291 Å². The average molecular weight is 724 g/mol. The minimum Gasteiger partial charge on any atom is -0.543 e. The fourth-order valence-corrected chi connectivity index (χ4v) is 6.98. The van der Waals surface area contributed by atoms with Gasteiger partial charge < -0.3 is 24.0 Å². The standard InChI is InChI=1S/C36H39F2N3O7SSi/c1-23-10-13-26(14-11-23)49(42,43)47-19-18-46-32-9-7-8-31-40-34(33-27(37)21-25(22-28(33)38)48-50(5,6)36(2,3)4)35(41(31)32)39-24-12-15-29-30(20-24)45-17-16-44-29/h7-15,20-22,39H,16-19H2,1-6H3. The van der Waals surface area contributed by atoms with E-state index >= 15 is 8.78 Å². The van der Waals surface area contributed by atoms with E-state index in [0.29, 0.717) is 36.0 Å². The Morgan fingerprint density at radius 3 is 2.28 bits per heavy atom. The minimum atomic E-state index is -4.02. The maximum absolute atomic E-state index is 16.0. The largest absolute Gasteiger partial charge is 0.543 e. The topological polar surface area (TPSA) is 110 Å². The summed E-state index contributed by atoms with van der Waals surface area (Å²) < 4.78 is 87.9. The summed E-state index contributed by atoms with van der Waals surface area (Å²) in [5.41, 5.74) is 1.36. The summed E-state index contributed by atoms with van der Waals surface area (Å²) in [5, 5.41) is 3.07. The first kappa shape index (κ1) is 35.2. The van der Waals surface area contributed by atoms with Gasteiger partial charge >= 0.3 is 0 Å². The van der Waals surface area contributed by atoms with E-state index in [-0.39, 0.29) is 51.9 Å². The van der Waals surface area contributed by atoms with Crippen molar-refractivity contribution in [2.45, 2.75) is 50.7 Å². The Kier molecular flexibility index (Phi) is 9.55. The van der Waals surface area contributed by atoms with Crippen LogP contribution < -0.4 is 24.0 Å². The lowest BCUT2D eigenvalue weighted by atomic mass is 10.1. The number of fused-ring (bicyclic) bond motifs is 2. The van der Waals surface area contributed by atoms with Crippen LogP contribution >= 0.6 is 0 Å². The Morgan fingerprint density at radius 2 is 1.60 bits per heavy atom. The highest BCUT2D eigenvalue weighted by Gasteiger charge is 2.39. The molecule has 264 valence electrons. The van der Waals surface area contributed by atoms with Crippen LogP contribution in [0.3, 0.4) is 0 Å². The number of anilines is 2. The van der Waals surface area contributed by atoms with Crippen LogP contribution in [0.15, 0.2) is 77.7 Å². The van der Waals surface area contributed by atoms with Gasteiger partial charge in [-0.15, -0.1) is 0 Å².